The van der Waals surface area contributed by atoms with Crippen molar-refractivity contribution in [2.45, 2.75) is 6.92 Å². The molecule has 0 atom stereocenters. The standard InChI is InChI=1S/C17H12BrFO3/c1-2-21-17(20)15-13-9-11(18)5-8-14(13)22-16(15)10-3-6-12(19)7-4-10/h3-9H,2H2,1H3. The number of benzene rings is 2. The van der Waals surface area contributed by atoms with Crippen molar-refractivity contribution < 1.29 is 18.3 Å². The number of carbonyl (C=O) groups is 1. The fourth-order valence-corrected chi connectivity index (χ4v) is 2.64. The fraction of sp³-hybridized carbons (Fsp3) is 0.118. The largest absolute Gasteiger partial charge is 0.462 e. The van der Waals surface area contributed by atoms with Crippen molar-refractivity contribution in [2.75, 3.05) is 6.61 Å². The van der Waals surface area contributed by atoms with Crippen LogP contribution in [0.4, 0.5) is 4.39 Å². The number of furan rings is 1. The highest BCUT2D eigenvalue weighted by atomic mass is 79.9. The molecule has 0 fully saturated rings. The van der Waals surface area contributed by atoms with Crippen LogP contribution in [0.5, 0.6) is 0 Å². The van der Waals surface area contributed by atoms with Gasteiger partial charge in [-0.3, -0.25) is 0 Å². The summed E-state index contributed by atoms with van der Waals surface area (Å²) in [4.78, 5) is 12.3. The van der Waals surface area contributed by atoms with Crippen molar-refractivity contribution >= 4 is 32.9 Å². The van der Waals surface area contributed by atoms with Gasteiger partial charge in [0.15, 0.2) is 0 Å². The maximum Gasteiger partial charge on any atom is 0.342 e. The van der Waals surface area contributed by atoms with E-state index in [2.05, 4.69) is 15.9 Å². The quantitative estimate of drug-likeness (QED) is 0.602. The Morgan fingerprint density at radius 3 is 2.64 bits per heavy atom. The monoisotopic (exact) mass is 362 g/mol. The number of ether oxygens (including phenoxy) is 1. The van der Waals surface area contributed by atoms with Crippen LogP contribution in [-0.4, -0.2) is 12.6 Å². The highest BCUT2D eigenvalue weighted by Gasteiger charge is 2.23. The first-order valence-corrected chi connectivity index (χ1v) is 7.54. The van der Waals surface area contributed by atoms with E-state index in [-0.39, 0.29) is 12.4 Å². The molecule has 0 N–H and O–H groups in total. The molecule has 0 bridgehead atoms. The first kappa shape index (κ1) is 14.8. The molecular formula is C17H12BrFO3. The number of fused-ring (bicyclic) bond motifs is 1. The Kier molecular flexibility index (Phi) is 3.98. The average Bonchev–Trinajstić information content (AvgIpc) is 2.86. The van der Waals surface area contributed by atoms with Gasteiger partial charge in [-0.15, -0.1) is 0 Å². The van der Waals surface area contributed by atoms with Gasteiger partial charge in [-0.1, -0.05) is 15.9 Å². The molecule has 3 nitrogen and oxygen atoms in total. The van der Waals surface area contributed by atoms with Crippen molar-refractivity contribution in [2.24, 2.45) is 0 Å². The molecule has 3 aromatic rings. The highest BCUT2D eigenvalue weighted by molar-refractivity contribution is 9.10. The van der Waals surface area contributed by atoms with Crippen LogP contribution in [0.2, 0.25) is 0 Å². The van der Waals surface area contributed by atoms with Gasteiger partial charge < -0.3 is 9.15 Å². The van der Waals surface area contributed by atoms with Crippen molar-refractivity contribution in [3.8, 4) is 11.3 Å². The molecule has 0 aliphatic carbocycles. The van der Waals surface area contributed by atoms with E-state index in [4.69, 9.17) is 9.15 Å². The second-order valence-corrected chi connectivity index (χ2v) is 5.59. The van der Waals surface area contributed by atoms with E-state index in [1.807, 2.05) is 6.07 Å². The van der Waals surface area contributed by atoms with E-state index in [0.717, 1.165) is 4.47 Å². The Morgan fingerprint density at radius 1 is 1.23 bits per heavy atom. The van der Waals surface area contributed by atoms with Crippen LogP contribution >= 0.6 is 15.9 Å². The van der Waals surface area contributed by atoms with Gasteiger partial charge in [0.25, 0.3) is 0 Å². The number of esters is 1. The van der Waals surface area contributed by atoms with E-state index < -0.39 is 5.97 Å². The molecule has 22 heavy (non-hydrogen) atoms. The summed E-state index contributed by atoms with van der Waals surface area (Å²) in [5.41, 5.74) is 1.55. The van der Waals surface area contributed by atoms with Crippen LogP contribution in [0, 0.1) is 5.82 Å². The van der Waals surface area contributed by atoms with Crippen molar-refractivity contribution in [1.82, 2.24) is 0 Å². The summed E-state index contributed by atoms with van der Waals surface area (Å²) in [6.07, 6.45) is 0. The minimum absolute atomic E-state index is 0.266. The number of carbonyl (C=O) groups excluding carboxylic acids is 1. The van der Waals surface area contributed by atoms with Crippen LogP contribution < -0.4 is 0 Å². The Morgan fingerprint density at radius 2 is 1.95 bits per heavy atom. The summed E-state index contributed by atoms with van der Waals surface area (Å²) in [5.74, 6) is -0.425. The molecule has 0 radical (unpaired) electrons. The molecule has 112 valence electrons. The van der Waals surface area contributed by atoms with Crippen LogP contribution in [0.3, 0.4) is 0 Å². The second-order valence-electron chi connectivity index (χ2n) is 4.67. The Balaban J connectivity index is 2.26. The lowest BCUT2D eigenvalue weighted by atomic mass is 10.1. The molecular weight excluding hydrogens is 351 g/mol. The number of rotatable bonds is 3. The summed E-state index contributed by atoms with van der Waals surface area (Å²) in [6.45, 7) is 2.01. The molecule has 1 aromatic heterocycles. The first-order valence-electron chi connectivity index (χ1n) is 6.75. The maximum atomic E-state index is 13.1. The lowest BCUT2D eigenvalue weighted by Crippen LogP contribution is -2.05. The predicted octanol–water partition coefficient (Wildman–Crippen LogP) is 5.18. The van der Waals surface area contributed by atoms with E-state index in [1.165, 1.54) is 12.1 Å². The van der Waals surface area contributed by atoms with Gasteiger partial charge in [0.05, 0.1) is 6.61 Å². The van der Waals surface area contributed by atoms with Gasteiger partial charge in [-0.05, 0) is 49.4 Å². The lowest BCUT2D eigenvalue weighted by Gasteiger charge is -2.03. The first-order chi connectivity index (χ1) is 10.6. The second kappa shape index (κ2) is 5.93. The highest BCUT2D eigenvalue weighted by Crippen LogP contribution is 2.35. The Labute approximate surface area is 134 Å². The van der Waals surface area contributed by atoms with Crippen molar-refractivity contribution in [1.29, 1.82) is 0 Å². The number of hydrogen-bond acceptors (Lipinski definition) is 3. The van der Waals surface area contributed by atoms with Crippen molar-refractivity contribution in [3.63, 3.8) is 0 Å². The van der Waals surface area contributed by atoms with E-state index in [1.54, 1.807) is 31.2 Å². The van der Waals surface area contributed by atoms with Gasteiger partial charge in [0.2, 0.25) is 0 Å². The van der Waals surface area contributed by atoms with Crippen LogP contribution in [0.25, 0.3) is 22.3 Å². The van der Waals surface area contributed by atoms with E-state index >= 15 is 0 Å². The summed E-state index contributed by atoms with van der Waals surface area (Å²) in [7, 11) is 0. The minimum Gasteiger partial charge on any atom is -0.462 e. The third-order valence-electron chi connectivity index (χ3n) is 3.24. The average molecular weight is 363 g/mol. The maximum absolute atomic E-state index is 13.1. The molecule has 0 saturated carbocycles. The molecule has 1 heterocycles. The van der Waals surface area contributed by atoms with E-state index in [9.17, 15) is 9.18 Å². The third kappa shape index (κ3) is 2.64. The molecule has 0 amide bonds. The summed E-state index contributed by atoms with van der Waals surface area (Å²) in [6, 6.07) is 11.2. The molecule has 3 rings (SSSR count). The molecule has 5 heteroatoms. The molecule has 0 saturated heterocycles. The summed E-state index contributed by atoms with van der Waals surface area (Å²) < 4.78 is 24.9. The van der Waals surface area contributed by atoms with Gasteiger partial charge in [0, 0.05) is 15.4 Å². The smallest absolute Gasteiger partial charge is 0.342 e. The van der Waals surface area contributed by atoms with Crippen LogP contribution in [-0.2, 0) is 4.74 Å². The molecule has 2 aromatic carbocycles. The Bertz CT molecular complexity index is 837. The fourth-order valence-electron chi connectivity index (χ4n) is 2.28. The molecule has 0 spiro atoms. The normalized spacial score (nSPS) is 10.9. The lowest BCUT2D eigenvalue weighted by molar-refractivity contribution is 0.0529. The summed E-state index contributed by atoms with van der Waals surface area (Å²) >= 11 is 3.39. The minimum atomic E-state index is -0.460. The van der Waals surface area contributed by atoms with Crippen LogP contribution in [0.15, 0.2) is 51.4 Å². The molecule has 0 aliphatic rings. The van der Waals surface area contributed by atoms with Crippen molar-refractivity contribution in [3.05, 3.63) is 58.3 Å². The number of halogens is 2. The zero-order chi connectivity index (χ0) is 15.7. The number of hydrogen-bond donors (Lipinski definition) is 0. The zero-order valence-corrected chi connectivity index (χ0v) is 13.3. The summed E-state index contributed by atoms with van der Waals surface area (Å²) in [5, 5.41) is 0.659. The van der Waals surface area contributed by atoms with E-state index in [0.29, 0.717) is 27.9 Å². The van der Waals surface area contributed by atoms with Crippen LogP contribution in [0.1, 0.15) is 17.3 Å². The zero-order valence-electron chi connectivity index (χ0n) is 11.7. The molecule has 0 aliphatic heterocycles. The predicted molar refractivity (Wildman–Crippen MR) is 85.3 cm³/mol. The Hall–Kier alpha value is -2.14. The van der Waals surface area contributed by atoms with Gasteiger partial charge in [0.1, 0.15) is 22.7 Å². The SMILES string of the molecule is CCOC(=O)c1c(-c2ccc(F)cc2)oc2ccc(Br)cc12. The van der Waals surface area contributed by atoms with Gasteiger partial charge >= 0.3 is 5.97 Å². The van der Waals surface area contributed by atoms with Gasteiger partial charge in [-0.25, -0.2) is 9.18 Å². The molecule has 0 unspecified atom stereocenters. The third-order valence-corrected chi connectivity index (χ3v) is 3.73. The topological polar surface area (TPSA) is 39.4 Å². The van der Waals surface area contributed by atoms with Gasteiger partial charge in [-0.2, -0.15) is 0 Å².